The van der Waals surface area contributed by atoms with Crippen LogP contribution in [0.5, 0.6) is 0 Å². The number of benzene rings is 1. The molecule has 1 saturated carbocycles. The fraction of sp³-hybridized carbons (Fsp3) is 0.267. The van der Waals surface area contributed by atoms with Gasteiger partial charge < -0.3 is 15.2 Å². The number of halogens is 1. The minimum absolute atomic E-state index is 0.313. The number of nitrogens with one attached hydrogen (secondary N) is 2. The Balaban J connectivity index is 1.68. The van der Waals surface area contributed by atoms with Crippen LogP contribution in [0, 0.1) is 12.3 Å². The van der Waals surface area contributed by atoms with E-state index >= 15 is 0 Å². The van der Waals surface area contributed by atoms with Crippen LogP contribution >= 0.6 is 11.6 Å². The number of hydrogen-bond acceptors (Lipinski definition) is 4. The summed E-state index contributed by atoms with van der Waals surface area (Å²) in [6, 6.07) is 8.33. The Bertz CT molecular complexity index is 720. The highest BCUT2D eigenvalue weighted by Gasteiger charge is 2.56. The van der Waals surface area contributed by atoms with Crippen LogP contribution in [0.2, 0.25) is 5.02 Å². The predicted octanol–water partition coefficient (Wildman–Crippen LogP) is 2.99. The van der Waals surface area contributed by atoms with Gasteiger partial charge in [-0.2, -0.15) is 0 Å². The molecule has 2 N–H and O–H groups in total. The van der Waals surface area contributed by atoms with Crippen LogP contribution in [0.3, 0.4) is 0 Å². The zero-order valence-corrected chi connectivity index (χ0v) is 12.6. The molecule has 0 radical (unpaired) electrons. The average molecular weight is 320 g/mol. The molecule has 1 aliphatic carbocycles. The van der Waals surface area contributed by atoms with E-state index in [1.807, 2.05) is 0 Å². The highest BCUT2D eigenvalue weighted by atomic mass is 35.5. The Morgan fingerprint density at radius 3 is 2.36 bits per heavy atom. The molecule has 0 aliphatic heterocycles. The first kappa shape index (κ1) is 14.6. The Labute approximate surface area is 131 Å². The molecule has 1 heterocycles. The Kier molecular flexibility index (Phi) is 3.62. The molecule has 0 spiro atoms. The highest BCUT2D eigenvalue weighted by Crippen LogP contribution is 2.47. The standard InChI is InChI=1S/C15H14ClN3O3/c1-9-8-12(19-22-9)18-14(21)15(6-7-15)13(20)17-11-4-2-10(16)3-5-11/h2-5,8H,6-7H2,1H3,(H,17,20)(H,18,19,21). The molecular formula is C15H14ClN3O3. The molecule has 22 heavy (non-hydrogen) atoms. The van der Waals surface area contributed by atoms with Crippen molar-refractivity contribution < 1.29 is 14.1 Å². The molecule has 6 nitrogen and oxygen atoms in total. The van der Waals surface area contributed by atoms with E-state index in [0.29, 0.717) is 35.1 Å². The maximum absolute atomic E-state index is 12.4. The first-order valence-electron chi connectivity index (χ1n) is 6.81. The summed E-state index contributed by atoms with van der Waals surface area (Å²) in [6.07, 6.45) is 1.02. The van der Waals surface area contributed by atoms with Crippen molar-refractivity contribution in [2.75, 3.05) is 10.6 Å². The second-order valence-corrected chi connectivity index (χ2v) is 5.76. The molecule has 1 fully saturated rings. The monoisotopic (exact) mass is 319 g/mol. The zero-order chi connectivity index (χ0) is 15.7. The van der Waals surface area contributed by atoms with Gasteiger partial charge in [-0.3, -0.25) is 9.59 Å². The second-order valence-electron chi connectivity index (χ2n) is 5.32. The van der Waals surface area contributed by atoms with Crippen molar-refractivity contribution in [1.29, 1.82) is 0 Å². The van der Waals surface area contributed by atoms with Crippen LogP contribution in [-0.4, -0.2) is 17.0 Å². The van der Waals surface area contributed by atoms with Gasteiger partial charge in [0, 0.05) is 16.8 Å². The number of rotatable bonds is 4. The molecule has 0 atom stereocenters. The van der Waals surface area contributed by atoms with Crippen molar-refractivity contribution in [3.63, 3.8) is 0 Å². The fourth-order valence-corrected chi connectivity index (χ4v) is 2.25. The Morgan fingerprint density at radius 1 is 1.18 bits per heavy atom. The second kappa shape index (κ2) is 5.46. The predicted molar refractivity (Wildman–Crippen MR) is 81.6 cm³/mol. The maximum atomic E-state index is 12.4. The first-order valence-corrected chi connectivity index (χ1v) is 7.19. The lowest BCUT2D eigenvalue weighted by atomic mass is 10.1. The molecule has 114 valence electrons. The highest BCUT2D eigenvalue weighted by molar-refractivity contribution is 6.30. The van der Waals surface area contributed by atoms with Crippen molar-refractivity contribution in [2.24, 2.45) is 5.41 Å². The van der Waals surface area contributed by atoms with E-state index in [1.54, 1.807) is 37.3 Å². The molecule has 0 unspecified atom stereocenters. The first-order chi connectivity index (χ1) is 10.5. The number of aromatic nitrogens is 1. The van der Waals surface area contributed by atoms with Gasteiger partial charge in [-0.05, 0) is 44.0 Å². The van der Waals surface area contributed by atoms with Crippen molar-refractivity contribution in [2.45, 2.75) is 19.8 Å². The minimum Gasteiger partial charge on any atom is -0.360 e. The van der Waals surface area contributed by atoms with Crippen LogP contribution in [0.25, 0.3) is 0 Å². The summed E-state index contributed by atoms with van der Waals surface area (Å²) in [5.74, 6) is 0.207. The van der Waals surface area contributed by atoms with E-state index in [2.05, 4.69) is 15.8 Å². The van der Waals surface area contributed by atoms with Gasteiger partial charge in [-0.25, -0.2) is 0 Å². The summed E-state index contributed by atoms with van der Waals surface area (Å²) < 4.78 is 4.89. The number of carbonyl (C=O) groups is 2. The molecule has 3 rings (SSSR count). The average Bonchev–Trinajstić information content (AvgIpc) is 3.21. The van der Waals surface area contributed by atoms with Crippen molar-refractivity contribution in [3.05, 3.63) is 41.1 Å². The topological polar surface area (TPSA) is 84.2 Å². The zero-order valence-electron chi connectivity index (χ0n) is 11.9. The van der Waals surface area contributed by atoms with Gasteiger partial charge in [-0.15, -0.1) is 0 Å². The summed E-state index contributed by atoms with van der Waals surface area (Å²) in [5, 5.41) is 9.64. The van der Waals surface area contributed by atoms with E-state index < -0.39 is 5.41 Å². The summed E-state index contributed by atoms with van der Waals surface area (Å²) in [7, 11) is 0. The van der Waals surface area contributed by atoms with E-state index in [9.17, 15) is 9.59 Å². The van der Waals surface area contributed by atoms with Gasteiger partial charge in [-0.1, -0.05) is 16.8 Å². The molecule has 1 aromatic carbocycles. The Morgan fingerprint density at radius 2 is 1.82 bits per heavy atom. The molecule has 0 bridgehead atoms. The quantitative estimate of drug-likeness (QED) is 0.848. The van der Waals surface area contributed by atoms with Crippen LogP contribution in [-0.2, 0) is 9.59 Å². The van der Waals surface area contributed by atoms with Gasteiger partial charge in [0.25, 0.3) is 0 Å². The lowest BCUT2D eigenvalue weighted by molar-refractivity contribution is -0.131. The number of aryl methyl sites for hydroxylation is 1. The normalized spacial score (nSPS) is 15.2. The lowest BCUT2D eigenvalue weighted by Crippen LogP contribution is -2.35. The maximum Gasteiger partial charge on any atom is 0.241 e. The summed E-state index contributed by atoms with van der Waals surface area (Å²) in [6.45, 7) is 1.72. The van der Waals surface area contributed by atoms with Gasteiger partial charge in [0.15, 0.2) is 5.82 Å². The molecule has 7 heteroatoms. The molecule has 2 amide bonds. The molecule has 0 saturated heterocycles. The number of anilines is 2. The van der Waals surface area contributed by atoms with Crippen LogP contribution in [0.1, 0.15) is 18.6 Å². The summed E-state index contributed by atoms with van der Waals surface area (Å²) in [4.78, 5) is 24.7. The number of carbonyl (C=O) groups excluding carboxylic acids is 2. The molecule has 1 aromatic heterocycles. The molecule has 2 aromatic rings. The lowest BCUT2D eigenvalue weighted by Gasteiger charge is -2.14. The van der Waals surface area contributed by atoms with Crippen molar-refractivity contribution in [1.82, 2.24) is 5.16 Å². The van der Waals surface area contributed by atoms with E-state index in [4.69, 9.17) is 16.1 Å². The smallest absolute Gasteiger partial charge is 0.241 e. The summed E-state index contributed by atoms with van der Waals surface area (Å²) in [5.41, 5.74) is -0.433. The Hall–Kier alpha value is -2.34. The van der Waals surface area contributed by atoms with Crippen LogP contribution < -0.4 is 10.6 Å². The van der Waals surface area contributed by atoms with Gasteiger partial charge in [0.05, 0.1) is 0 Å². The SMILES string of the molecule is Cc1cc(NC(=O)C2(C(=O)Nc3ccc(Cl)cc3)CC2)no1. The fourth-order valence-electron chi connectivity index (χ4n) is 2.13. The molecular weight excluding hydrogens is 306 g/mol. The van der Waals surface area contributed by atoms with Gasteiger partial charge in [0.1, 0.15) is 11.2 Å². The third-order valence-electron chi connectivity index (χ3n) is 3.59. The third-order valence-corrected chi connectivity index (χ3v) is 3.84. The number of nitrogens with zero attached hydrogens (tertiary/aromatic N) is 1. The van der Waals surface area contributed by atoms with Crippen LogP contribution in [0.15, 0.2) is 34.9 Å². The van der Waals surface area contributed by atoms with E-state index in [1.165, 1.54) is 0 Å². The van der Waals surface area contributed by atoms with Crippen LogP contribution in [0.4, 0.5) is 11.5 Å². The van der Waals surface area contributed by atoms with E-state index in [-0.39, 0.29) is 11.8 Å². The van der Waals surface area contributed by atoms with Gasteiger partial charge in [0.2, 0.25) is 11.8 Å². The van der Waals surface area contributed by atoms with Gasteiger partial charge >= 0.3 is 0 Å². The van der Waals surface area contributed by atoms with Crippen molar-refractivity contribution >= 4 is 34.9 Å². The number of amides is 2. The number of hydrogen-bond donors (Lipinski definition) is 2. The third kappa shape index (κ3) is 2.82. The molecule has 1 aliphatic rings. The van der Waals surface area contributed by atoms with Crippen molar-refractivity contribution in [3.8, 4) is 0 Å². The minimum atomic E-state index is -1.04. The largest absolute Gasteiger partial charge is 0.360 e. The summed E-state index contributed by atoms with van der Waals surface area (Å²) >= 11 is 5.80. The van der Waals surface area contributed by atoms with E-state index in [0.717, 1.165) is 0 Å².